The van der Waals surface area contributed by atoms with Crippen molar-refractivity contribution in [2.75, 3.05) is 5.73 Å². The molecule has 0 saturated carbocycles. The molecule has 1 atom stereocenters. The number of nitrogens with zero attached hydrogens (tertiary/aromatic N) is 4. The van der Waals surface area contributed by atoms with Gasteiger partial charge < -0.3 is 16.0 Å². The molecule has 128 valence electrons. The number of pyridine rings is 1. The number of rotatable bonds is 5. The highest BCUT2D eigenvalue weighted by Gasteiger charge is 2.13. The molecule has 1 amide bonds. The molecule has 8 heteroatoms. The van der Waals surface area contributed by atoms with Gasteiger partial charge in [-0.05, 0) is 38.5 Å². The fourth-order valence-corrected chi connectivity index (χ4v) is 2.29. The largest absolute Gasteiger partial charge is 0.382 e. The second-order valence-corrected chi connectivity index (χ2v) is 5.74. The van der Waals surface area contributed by atoms with Crippen LogP contribution in [0.5, 0.6) is 0 Å². The van der Waals surface area contributed by atoms with Gasteiger partial charge in [0.15, 0.2) is 11.5 Å². The van der Waals surface area contributed by atoms with Crippen molar-refractivity contribution in [1.82, 2.24) is 30.2 Å². The van der Waals surface area contributed by atoms with Gasteiger partial charge in [-0.3, -0.25) is 4.79 Å². The number of carbonyl (C=O) groups excluding carboxylic acids is 1. The van der Waals surface area contributed by atoms with Crippen molar-refractivity contribution >= 4 is 29.0 Å². The van der Waals surface area contributed by atoms with Gasteiger partial charge in [-0.25, -0.2) is 19.9 Å². The van der Waals surface area contributed by atoms with Crippen LogP contribution in [0.3, 0.4) is 0 Å². The van der Waals surface area contributed by atoms with Gasteiger partial charge in [0.05, 0.1) is 23.1 Å². The molecule has 0 aliphatic carbocycles. The van der Waals surface area contributed by atoms with E-state index in [0.29, 0.717) is 23.6 Å². The minimum absolute atomic E-state index is 0.0623. The predicted molar refractivity (Wildman–Crippen MR) is 95.6 cm³/mol. The van der Waals surface area contributed by atoms with E-state index in [4.69, 9.17) is 5.73 Å². The van der Waals surface area contributed by atoms with Gasteiger partial charge in [-0.1, -0.05) is 6.08 Å². The Morgan fingerprint density at radius 3 is 3.00 bits per heavy atom. The van der Waals surface area contributed by atoms with Crippen LogP contribution in [-0.4, -0.2) is 36.9 Å². The summed E-state index contributed by atoms with van der Waals surface area (Å²) in [7, 11) is 0. The maximum absolute atomic E-state index is 12.2. The van der Waals surface area contributed by atoms with Gasteiger partial charge in [0.25, 0.3) is 5.91 Å². The molecule has 0 unspecified atom stereocenters. The van der Waals surface area contributed by atoms with Crippen molar-refractivity contribution in [3.05, 3.63) is 47.8 Å². The van der Waals surface area contributed by atoms with Gasteiger partial charge in [0.2, 0.25) is 0 Å². The second-order valence-electron chi connectivity index (χ2n) is 5.74. The maximum Gasteiger partial charge on any atom is 0.287 e. The molecule has 0 fully saturated rings. The van der Waals surface area contributed by atoms with Crippen LogP contribution >= 0.6 is 0 Å². The van der Waals surface area contributed by atoms with Gasteiger partial charge >= 0.3 is 0 Å². The first kappa shape index (κ1) is 16.6. The first-order valence-corrected chi connectivity index (χ1v) is 7.90. The summed E-state index contributed by atoms with van der Waals surface area (Å²) in [6.45, 7) is 3.73. The molecule has 3 rings (SSSR count). The zero-order valence-electron chi connectivity index (χ0n) is 14.0. The van der Waals surface area contributed by atoms with E-state index in [1.807, 2.05) is 32.1 Å². The molecule has 3 aromatic heterocycles. The fourth-order valence-electron chi connectivity index (χ4n) is 2.29. The van der Waals surface area contributed by atoms with E-state index in [1.165, 1.54) is 0 Å². The Morgan fingerprint density at radius 1 is 1.40 bits per heavy atom. The summed E-state index contributed by atoms with van der Waals surface area (Å²) in [5.41, 5.74) is 8.33. The molecule has 4 N–H and O–H groups in total. The lowest BCUT2D eigenvalue weighted by molar-refractivity contribution is 0.0931. The van der Waals surface area contributed by atoms with Crippen LogP contribution in [0, 0.1) is 6.92 Å². The summed E-state index contributed by atoms with van der Waals surface area (Å²) in [5.74, 6) is 0.421. The number of H-pyrrole nitrogens is 1. The Hall–Kier alpha value is -3.29. The number of amides is 1. The molecular formula is C17H19N7O. The molecule has 25 heavy (non-hydrogen) atoms. The van der Waals surface area contributed by atoms with Crippen LogP contribution in [0.25, 0.3) is 17.2 Å². The fraction of sp³-hybridized carbons (Fsp3) is 0.235. The molecule has 0 aliphatic rings. The average Bonchev–Trinajstić information content (AvgIpc) is 3.02. The van der Waals surface area contributed by atoms with Crippen LogP contribution in [0.1, 0.15) is 35.4 Å². The lowest BCUT2D eigenvalue weighted by Crippen LogP contribution is -2.32. The summed E-state index contributed by atoms with van der Waals surface area (Å²) < 4.78 is 0. The Morgan fingerprint density at radius 2 is 2.24 bits per heavy atom. The molecule has 0 spiro atoms. The Balaban J connectivity index is 1.58. The van der Waals surface area contributed by atoms with E-state index >= 15 is 0 Å². The SMILES string of the molecule is Cc1nc(/C=C/C[C@H](C)NC(=O)c2nc3ncccc3[nH]2)cnc1N. The highest BCUT2D eigenvalue weighted by molar-refractivity contribution is 5.93. The van der Waals surface area contributed by atoms with E-state index in [9.17, 15) is 4.79 Å². The third-order valence-corrected chi connectivity index (χ3v) is 3.63. The van der Waals surface area contributed by atoms with Gasteiger partial charge in [-0.15, -0.1) is 0 Å². The van der Waals surface area contributed by atoms with Crippen LogP contribution in [0.2, 0.25) is 0 Å². The van der Waals surface area contributed by atoms with Crippen molar-refractivity contribution in [3.8, 4) is 0 Å². The van der Waals surface area contributed by atoms with E-state index < -0.39 is 0 Å². The van der Waals surface area contributed by atoms with Gasteiger partial charge in [0.1, 0.15) is 5.82 Å². The van der Waals surface area contributed by atoms with E-state index in [-0.39, 0.29) is 17.8 Å². The lowest BCUT2D eigenvalue weighted by Gasteiger charge is -2.10. The number of aromatic nitrogens is 5. The summed E-state index contributed by atoms with van der Waals surface area (Å²) >= 11 is 0. The van der Waals surface area contributed by atoms with Crippen LogP contribution in [0.4, 0.5) is 5.82 Å². The number of aromatic amines is 1. The third kappa shape index (κ3) is 3.97. The summed E-state index contributed by atoms with van der Waals surface area (Å²) in [6.07, 6.45) is 7.69. The van der Waals surface area contributed by atoms with Crippen LogP contribution in [-0.2, 0) is 0 Å². The first-order chi connectivity index (χ1) is 12.0. The first-order valence-electron chi connectivity index (χ1n) is 7.90. The number of imidazole rings is 1. The molecule has 0 saturated heterocycles. The van der Waals surface area contributed by atoms with Crippen molar-refractivity contribution in [3.63, 3.8) is 0 Å². The number of nitrogens with two attached hydrogens (primary N) is 1. The van der Waals surface area contributed by atoms with E-state index in [0.717, 1.165) is 11.2 Å². The average molecular weight is 337 g/mol. The number of anilines is 1. The molecule has 0 aliphatic heterocycles. The smallest absolute Gasteiger partial charge is 0.287 e. The lowest BCUT2D eigenvalue weighted by atomic mass is 10.2. The van der Waals surface area contributed by atoms with Gasteiger partial charge in [-0.2, -0.15) is 0 Å². The van der Waals surface area contributed by atoms with Crippen molar-refractivity contribution < 1.29 is 4.79 Å². The number of hydrogen-bond acceptors (Lipinski definition) is 6. The van der Waals surface area contributed by atoms with E-state index in [2.05, 4.69) is 30.2 Å². The molecule has 0 radical (unpaired) electrons. The van der Waals surface area contributed by atoms with E-state index in [1.54, 1.807) is 18.5 Å². The standard InChI is InChI=1S/C17H19N7O/c1-10(5-3-6-12-9-20-14(18)11(2)22-12)21-17(25)16-23-13-7-4-8-19-15(13)24-16/h3-4,6-10H,5H2,1-2H3,(H2,18,20)(H,21,25)(H,19,23,24)/b6-3+/t10-/m0/s1. The Kier molecular flexibility index (Phi) is 4.69. The van der Waals surface area contributed by atoms with Crippen LogP contribution in [0.15, 0.2) is 30.6 Å². The second kappa shape index (κ2) is 7.08. The zero-order valence-corrected chi connectivity index (χ0v) is 14.0. The number of carbonyl (C=O) groups is 1. The topological polar surface area (TPSA) is 122 Å². The predicted octanol–water partition coefficient (Wildman–Crippen LogP) is 1.86. The zero-order chi connectivity index (χ0) is 17.8. The highest BCUT2D eigenvalue weighted by Crippen LogP contribution is 2.08. The van der Waals surface area contributed by atoms with Crippen molar-refractivity contribution in [2.24, 2.45) is 0 Å². The number of nitrogens with one attached hydrogen (secondary N) is 2. The maximum atomic E-state index is 12.2. The number of hydrogen-bond donors (Lipinski definition) is 3. The molecule has 3 heterocycles. The molecule has 0 aromatic carbocycles. The summed E-state index contributed by atoms with van der Waals surface area (Å²) in [6, 6.07) is 3.55. The summed E-state index contributed by atoms with van der Waals surface area (Å²) in [4.78, 5) is 31.9. The van der Waals surface area contributed by atoms with Crippen molar-refractivity contribution in [2.45, 2.75) is 26.3 Å². The van der Waals surface area contributed by atoms with Crippen LogP contribution < -0.4 is 11.1 Å². The molecule has 3 aromatic rings. The number of nitrogen functional groups attached to an aromatic ring is 1. The Bertz CT molecular complexity index is 899. The normalized spacial score (nSPS) is 12.6. The Labute approximate surface area is 144 Å². The monoisotopic (exact) mass is 337 g/mol. The molecule has 0 bridgehead atoms. The quantitative estimate of drug-likeness (QED) is 0.653. The number of aryl methyl sites for hydroxylation is 1. The number of fused-ring (bicyclic) bond motifs is 1. The summed E-state index contributed by atoms with van der Waals surface area (Å²) in [5, 5.41) is 2.90. The van der Waals surface area contributed by atoms with Crippen molar-refractivity contribution in [1.29, 1.82) is 0 Å². The van der Waals surface area contributed by atoms with Gasteiger partial charge in [0, 0.05) is 12.2 Å². The molecular weight excluding hydrogens is 318 g/mol. The molecule has 8 nitrogen and oxygen atoms in total. The third-order valence-electron chi connectivity index (χ3n) is 3.63. The minimum atomic E-state index is -0.262. The highest BCUT2D eigenvalue weighted by atomic mass is 16.2. The minimum Gasteiger partial charge on any atom is -0.382 e.